The van der Waals surface area contributed by atoms with E-state index in [1.165, 1.54) is 11.3 Å². The molecule has 84 valence electrons. The molecular formula is C12H20N2S. The molecule has 1 aromatic rings. The lowest BCUT2D eigenvalue weighted by molar-refractivity contribution is 0.619. The number of nitrogens with two attached hydrogens (primary N) is 1. The predicted octanol–water partition coefficient (Wildman–Crippen LogP) is 2.98. The Bertz CT molecular complexity index is 355. The fraction of sp³-hybridized carbons (Fsp3) is 0.583. The summed E-state index contributed by atoms with van der Waals surface area (Å²) in [5.74, 6) is 0. The molecule has 0 aliphatic carbocycles. The SMILES string of the molecule is CCc1cc(CCC[C@H](C)N)[nH]c(=S)c1. The zero-order chi connectivity index (χ0) is 11.3. The lowest BCUT2D eigenvalue weighted by Gasteiger charge is -2.06. The average molecular weight is 224 g/mol. The molecule has 1 rings (SSSR count). The third-order valence-electron chi connectivity index (χ3n) is 2.47. The van der Waals surface area contributed by atoms with Gasteiger partial charge in [0, 0.05) is 11.7 Å². The van der Waals surface area contributed by atoms with Crippen LogP contribution >= 0.6 is 12.2 Å². The summed E-state index contributed by atoms with van der Waals surface area (Å²) >= 11 is 5.18. The average Bonchev–Trinajstić information content (AvgIpc) is 2.16. The number of rotatable bonds is 5. The van der Waals surface area contributed by atoms with Gasteiger partial charge in [0.2, 0.25) is 0 Å². The van der Waals surface area contributed by atoms with E-state index < -0.39 is 0 Å². The van der Waals surface area contributed by atoms with Crippen molar-refractivity contribution in [2.45, 2.75) is 45.6 Å². The summed E-state index contributed by atoms with van der Waals surface area (Å²) in [7, 11) is 0. The van der Waals surface area contributed by atoms with Gasteiger partial charge in [-0.3, -0.25) is 0 Å². The molecule has 0 saturated heterocycles. The molecule has 0 spiro atoms. The van der Waals surface area contributed by atoms with Crippen LogP contribution in [0, 0.1) is 4.64 Å². The summed E-state index contributed by atoms with van der Waals surface area (Å²) < 4.78 is 0.838. The molecular weight excluding hydrogens is 204 g/mol. The van der Waals surface area contributed by atoms with Crippen molar-refractivity contribution in [3.8, 4) is 0 Å². The second kappa shape index (κ2) is 6.03. The Morgan fingerprint density at radius 1 is 1.47 bits per heavy atom. The predicted molar refractivity (Wildman–Crippen MR) is 67.6 cm³/mol. The molecule has 2 nitrogen and oxygen atoms in total. The van der Waals surface area contributed by atoms with E-state index >= 15 is 0 Å². The Morgan fingerprint density at radius 2 is 2.20 bits per heavy atom. The van der Waals surface area contributed by atoms with Gasteiger partial charge in [0.05, 0.1) is 0 Å². The first kappa shape index (κ1) is 12.4. The van der Waals surface area contributed by atoms with Crippen LogP contribution in [0.2, 0.25) is 0 Å². The summed E-state index contributed by atoms with van der Waals surface area (Å²) in [6.45, 7) is 4.19. The van der Waals surface area contributed by atoms with Gasteiger partial charge in [0.25, 0.3) is 0 Å². The highest BCUT2D eigenvalue weighted by Crippen LogP contribution is 2.08. The lowest BCUT2D eigenvalue weighted by atomic mass is 10.1. The van der Waals surface area contributed by atoms with Crippen LogP contribution in [0.3, 0.4) is 0 Å². The molecule has 0 aliphatic rings. The molecule has 3 N–H and O–H groups in total. The molecule has 0 aliphatic heterocycles. The van der Waals surface area contributed by atoms with Crippen LogP contribution in [0.1, 0.15) is 37.9 Å². The summed E-state index contributed by atoms with van der Waals surface area (Å²) in [5, 5.41) is 0. The number of hydrogen-bond acceptors (Lipinski definition) is 2. The van der Waals surface area contributed by atoms with Crippen molar-refractivity contribution in [2.75, 3.05) is 0 Å². The van der Waals surface area contributed by atoms with Crippen molar-refractivity contribution >= 4 is 12.2 Å². The fourth-order valence-electron chi connectivity index (χ4n) is 1.62. The quantitative estimate of drug-likeness (QED) is 0.755. The maximum atomic E-state index is 5.71. The van der Waals surface area contributed by atoms with Crippen LogP contribution in [0.4, 0.5) is 0 Å². The highest BCUT2D eigenvalue weighted by molar-refractivity contribution is 7.71. The molecule has 0 aromatic carbocycles. The van der Waals surface area contributed by atoms with E-state index in [1.807, 2.05) is 13.0 Å². The van der Waals surface area contributed by atoms with Crippen LogP contribution in [0.5, 0.6) is 0 Å². The summed E-state index contributed by atoms with van der Waals surface area (Å²) in [6.07, 6.45) is 4.27. The van der Waals surface area contributed by atoms with E-state index in [2.05, 4.69) is 18.0 Å². The van der Waals surface area contributed by atoms with Crippen molar-refractivity contribution < 1.29 is 0 Å². The number of aromatic nitrogens is 1. The van der Waals surface area contributed by atoms with Gasteiger partial charge in [0.1, 0.15) is 4.64 Å². The third kappa shape index (κ3) is 4.58. The standard InChI is InChI=1S/C12H20N2S/c1-3-10-7-11(14-12(15)8-10)6-4-5-9(2)13/h7-9H,3-6,13H2,1-2H3,(H,14,15)/t9-/m0/s1. The van der Waals surface area contributed by atoms with E-state index in [0.29, 0.717) is 6.04 Å². The molecule has 0 unspecified atom stereocenters. The van der Waals surface area contributed by atoms with E-state index in [-0.39, 0.29) is 0 Å². The van der Waals surface area contributed by atoms with Gasteiger partial charge in [-0.25, -0.2) is 0 Å². The Kier molecular flexibility index (Phi) is 4.99. The molecule has 0 fully saturated rings. The van der Waals surface area contributed by atoms with Crippen LogP contribution in [-0.4, -0.2) is 11.0 Å². The number of pyridine rings is 1. The monoisotopic (exact) mass is 224 g/mol. The first-order valence-electron chi connectivity index (χ1n) is 5.59. The minimum Gasteiger partial charge on any atom is -0.350 e. The van der Waals surface area contributed by atoms with E-state index in [0.717, 1.165) is 30.3 Å². The fourth-order valence-corrected chi connectivity index (χ4v) is 1.90. The van der Waals surface area contributed by atoms with Gasteiger partial charge in [-0.05, 0) is 50.3 Å². The van der Waals surface area contributed by atoms with Crippen molar-refractivity contribution in [2.24, 2.45) is 5.73 Å². The van der Waals surface area contributed by atoms with Crippen LogP contribution in [0.25, 0.3) is 0 Å². The van der Waals surface area contributed by atoms with Crippen LogP contribution < -0.4 is 5.73 Å². The molecule has 0 saturated carbocycles. The second-order valence-corrected chi connectivity index (χ2v) is 4.54. The van der Waals surface area contributed by atoms with Crippen LogP contribution in [0.15, 0.2) is 12.1 Å². The zero-order valence-corrected chi connectivity index (χ0v) is 10.4. The lowest BCUT2D eigenvalue weighted by Crippen LogP contribution is -2.14. The van der Waals surface area contributed by atoms with Gasteiger partial charge < -0.3 is 10.7 Å². The van der Waals surface area contributed by atoms with Gasteiger partial charge in [-0.1, -0.05) is 19.1 Å². The van der Waals surface area contributed by atoms with Crippen molar-refractivity contribution in [3.63, 3.8) is 0 Å². The first-order chi connectivity index (χ1) is 7.11. The van der Waals surface area contributed by atoms with E-state index in [1.54, 1.807) is 0 Å². The van der Waals surface area contributed by atoms with E-state index in [9.17, 15) is 0 Å². The molecule has 1 aromatic heterocycles. The van der Waals surface area contributed by atoms with Gasteiger partial charge >= 0.3 is 0 Å². The number of H-pyrrole nitrogens is 1. The van der Waals surface area contributed by atoms with Gasteiger partial charge in [-0.15, -0.1) is 0 Å². The second-order valence-electron chi connectivity index (χ2n) is 4.10. The molecule has 0 bridgehead atoms. The van der Waals surface area contributed by atoms with Crippen molar-refractivity contribution in [1.29, 1.82) is 0 Å². The zero-order valence-electron chi connectivity index (χ0n) is 9.55. The smallest absolute Gasteiger partial charge is 0.103 e. The Labute approximate surface area is 96.9 Å². The molecule has 0 amide bonds. The van der Waals surface area contributed by atoms with Gasteiger partial charge in [-0.2, -0.15) is 0 Å². The highest BCUT2D eigenvalue weighted by Gasteiger charge is 1.98. The van der Waals surface area contributed by atoms with E-state index in [4.69, 9.17) is 18.0 Å². The topological polar surface area (TPSA) is 41.8 Å². The minimum atomic E-state index is 0.294. The maximum absolute atomic E-state index is 5.71. The Balaban J connectivity index is 2.60. The normalized spacial score (nSPS) is 12.7. The third-order valence-corrected chi connectivity index (χ3v) is 2.69. The first-order valence-corrected chi connectivity index (χ1v) is 6.00. The number of nitrogens with one attached hydrogen (secondary N) is 1. The number of aromatic amines is 1. The van der Waals surface area contributed by atoms with Crippen molar-refractivity contribution in [3.05, 3.63) is 28.0 Å². The largest absolute Gasteiger partial charge is 0.350 e. The Hall–Kier alpha value is -0.670. The number of hydrogen-bond donors (Lipinski definition) is 2. The molecule has 3 heteroatoms. The van der Waals surface area contributed by atoms with Crippen LogP contribution in [-0.2, 0) is 12.8 Å². The summed E-state index contributed by atoms with van der Waals surface area (Å²) in [5.41, 5.74) is 8.26. The molecule has 1 atom stereocenters. The molecule has 1 heterocycles. The maximum Gasteiger partial charge on any atom is 0.103 e. The Morgan fingerprint density at radius 3 is 2.80 bits per heavy atom. The highest BCUT2D eigenvalue weighted by atomic mass is 32.1. The van der Waals surface area contributed by atoms with Gasteiger partial charge in [0.15, 0.2) is 0 Å². The summed E-state index contributed by atoms with van der Waals surface area (Å²) in [4.78, 5) is 3.23. The van der Waals surface area contributed by atoms with Crippen molar-refractivity contribution in [1.82, 2.24) is 4.98 Å². The number of aryl methyl sites for hydroxylation is 2. The summed E-state index contributed by atoms with van der Waals surface area (Å²) in [6, 6.07) is 4.53. The molecule has 0 radical (unpaired) electrons. The minimum absolute atomic E-state index is 0.294. The molecule has 15 heavy (non-hydrogen) atoms.